The normalized spacial score (nSPS) is 13.6. The maximum Gasteiger partial charge on any atom is 0.178 e. The van der Waals surface area contributed by atoms with Crippen molar-refractivity contribution in [3.63, 3.8) is 0 Å². The number of fused-ring (bicyclic) bond motifs is 16. The van der Waals surface area contributed by atoms with Gasteiger partial charge < -0.3 is 8.83 Å². The van der Waals surface area contributed by atoms with E-state index in [1.807, 2.05) is 12.1 Å². The van der Waals surface area contributed by atoms with Gasteiger partial charge in [0.15, 0.2) is 11.2 Å². The van der Waals surface area contributed by atoms with Gasteiger partial charge in [-0.15, -0.1) is 0 Å². The molecule has 0 N–H and O–H groups in total. The Bertz CT molecular complexity index is 3330. The van der Waals surface area contributed by atoms with Gasteiger partial charge in [-0.05, 0) is 125 Å². The lowest BCUT2D eigenvalue weighted by Crippen LogP contribution is -2.15. The minimum atomic E-state index is -0.157. The number of hydrogen-bond acceptors (Lipinski definition) is 2. The maximum atomic E-state index is 6.45. The van der Waals surface area contributed by atoms with Gasteiger partial charge in [-0.3, -0.25) is 0 Å². The Morgan fingerprint density at radius 2 is 0.717 bits per heavy atom. The van der Waals surface area contributed by atoms with Gasteiger partial charge in [0.05, 0.1) is 0 Å². The van der Waals surface area contributed by atoms with E-state index in [4.69, 9.17) is 8.83 Å². The molecule has 0 saturated carbocycles. The van der Waals surface area contributed by atoms with Gasteiger partial charge in [0.1, 0.15) is 11.2 Å². The molecular weight excluding hydrogens is 645 g/mol. The largest absolute Gasteiger partial charge is 0.452 e. The zero-order valence-electron chi connectivity index (χ0n) is 29.3. The lowest BCUT2D eigenvalue weighted by molar-refractivity contribution is 0.633. The van der Waals surface area contributed by atoms with E-state index in [-0.39, 0.29) is 5.41 Å². The fraction of sp³-hybridized carbons (Fsp3) is 0.0588. The molecule has 1 aliphatic rings. The SMILES string of the molecule is CC1(C)c2cc(-c3ccc4oc5c(ccc6c7ccccc7oc65)c4c3)ccc2-c2ccc(-c3ccc4c5ccccc5c5ccccc5c4c3)cc21. The van der Waals surface area contributed by atoms with Crippen LogP contribution in [0.1, 0.15) is 25.0 Å². The molecule has 0 radical (unpaired) electrons. The molecule has 2 heterocycles. The number of rotatable bonds is 2. The van der Waals surface area contributed by atoms with E-state index in [2.05, 4.69) is 159 Å². The standard InChI is InChI=1S/C51H32O2/c1-51(2)45-27-31(29-15-19-37-35-11-4-3-9-33(35)34-10-5-6-12-36(34)43(37)25-29)16-20-38(45)39-21-17-32(28-46(39)51)30-18-24-48-44(26-30)42-23-22-41-40-13-7-8-14-47(40)52-49(41)50(42)53-48/h3-28H,1-2H3. The fourth-order valence-corrected chi connectivity index (χ4v) is 9.38. The molecule has 0 fully saturated rings. The zero-order chi connectivity index (χ0) is 35.0. The summed E-state index contributed by atoms with van der Waals surface area (Å²) in [5.74, 6) is 0. The Morgan fingerprint density at radius 3 is 1.32 bits per heavy atom. The summed E-state index contributed by atoms with van der Waals surface area (Å²) in [7, 11) is 0. The summed E-state index contributed by atoms with van der Waals surface area (Å²) >= 11 is 0. The van der Waals surface area contributed by atoms with Gasteiger partial charge in [0.25, 0.3) is 0 Å². The Labute approximate surface area is 305 Å². The van der Waals surface area contributed by atoms with Crippen LogP contribution in [0, 0.1) is 0 Å². The van der Waals surface area contributed by atoms with Crippen molar-refractivity contribution in [2.45, 2.75) is 19.3 Å². The third-order valence-electron chi connectivity index (χ3n) is 12.1. The highest BCUT2D eigenvalue weighted by molar-refractivity contribution is 6.26. The molecule has 0 bridgehead atoms. The quantitative estimate of drug-likeness (QED) is 0.170. The van der Waals surface area contributed by atoms with E-state index < -0.39 is 0 Å². The first-order valence-corrected chi connectivity index (χ1v) is 18.4. The van der Waals surface area contributed by atoms with Crippen molar-refractivity contribution in [1.29, 1.82) is 0 Å². The smallest absolute Gasteiger partial charge is 0.178 e. The zero-order valence-corrected chi connectivity index (χ0v) is 29.3. The first-order valence-electron chi connectivity index (χ1n) is 18.4. The number of hydrogen-bond donors (Lipinski definition) is 0. The minimum absolute atomic E-state index is 0.157. The summed E-state index contributed by atoms with van der Waals surface area (Å²) in [5.41, 5.74) is 13.5. The van der Waals surface area contributed by atoms with Crippen LogP contribution in [0.5, 0.6) is 0 Å². The molecule has 0 spiro atoms. The van der Waals surface area contributed by atoms with E-state index >= 15 is 0 Å². The first kappa shape index (κ1) is 29.0. The number of para-hydroxylation sites is 1. The summed E-state index contributed by atoms with van der Waals surface area (Å²) in [4.78, 5) is 0. The molecule has 0 atom stereocenters. The predicted molar refractivity (Wildman–Crippen MR) is 222 cm³/mol. The summed E-state index contributed by atoms with van der Waals surface area (Å²) in [6.45, 7) is 4.74. The van der Waals surface area contributed by atoms with Crippen molar-refractivity contribution in [3.05, 3.63) is 169 Å². The van der Waals surface area contributed by atoms with E-state index in [0.717, 1.165) is 43.9 Å². The molecule has 0 aliphatic heterocycles. The topological polar surface area (TPSA) is 26.3 Å². The molecule has 53 heavy (non-hydrogen) atoms. The average Bonchev–Trinajstić information content (AvgIpc) is 3.85. The lowest BCUT2D eigenvalue weighted by Gasteiger charge is -2.23. The third kappa shape index (κ3) is 3.93. The van der Waals surface area contributed by atoms with Crippen molar-refractivity contribution in [1.82, 2.24) is 0 Å². The summed E-state index contributed by atoms with van der Waals surface area (Å²) in [6, 6.07) is 57.8. The molecule has 2 heteroatoms. The van der Waals surface area contributed by atoms with Gasteiger partial charge in [0.2, 0.25) is 0 Å². The number of furan rings is 2. The third-order valence-corrected chi connectivity index (χ3v) is 12.1. The molecule has 0 saturated heterocycles. The second-order valence-corrected chi connectivity index (χ2v) is 15.2. The first-order chi connectivity index (χ1) is 26.0. The second-order valence-electron chi connectivity index (χ2n) is 15.2. The Kier molecular flexibility index (Phi) is 5.60. The Morgan fingerprint density at radius 1 is 0.321 bits per heavy atom. The van der Waals surface area contributed by atoms with Gasteiger partial charge in [-0.2, -0.15) is 0 Å². The van der Waals surface area contributed by atoms with Crippen molar-refractivity contribution >= 4 is 76.2 Å². The second kappa shape index (κ2) is 10.2. The van der Waals surface area contributed by atoms with Crippen LogP contribution in [-0.4, -0.2) is 0 Å². The Balaban J connectivity index is 0.952. The maximum absolute atomic E-state index is 6.45. The summed E-state index contributed by atoms with van der Waals surface area (Å²) in [5, 5.41) is 12.2. The van der Waals surface area contributed by atoms with Crippen molar-refractivity contribution in [2.24, 2.45) is 0 Å². The van der Waals surface area contributed by atoms with Gasteiger partial charge >= 0.3 is 0 Å². The van der Waals surface area contributed by atoms with Crippen LogP contribution in [0.15, 0.2) is 167 Å². The summed E-state index contributed by atoms with van der Waals surface area (Å²) < 4.78 is 12.8. The van der Waals surface area contributed by atoms with Gasteiger partial charge in [-0.1, -0.05) is 123 Å². The van der Waals surface area contributed by atoms with E-state index in [1.165, 1.54) is 76.8 Å². The molecule has 9 aromatic carbocycles. The van der Waals surface area contributed by atoms with Crippen LogP contribution < -0.4 is 0 Å². The van der Waals surface area contributed by atoms with E-state index in [0.29, 0.717) is 0 Å². The average molecular weight is 677 g/mol. The van der Waals surface area contributed by atoms with Gasteiger partial charge in [0, 0.05) is 27.0 Å². The van der Waals surface area contributed by atoms with E-state index in [9.17, 15) is 0 Å². The van der Waals surface area contributed by atoms with Crippen LogP contribution in [0.2, 0.25) is 0 Å². The van der Waals surface area contributed by atoms with Crippen LogP contribution in [0.25, 0.3) is 110 Å². The molecular formula is C51H32O2. The van der Waals surface area contributed by atoms with Gasteiger partial charge in [-0.25, -0.2) is 0 Å². The number of benzene rings is 9. The molecule has 0 unspecified atom stereocenters. The lowest BCUT2D eigenvalue weighted by atomic mass is 9.80. The molecule has 12 rings (SSSR count). The highest BCUT2D eigenvalue weighted by Crippen LogP contribution is 2.51. The summed E-state index contributed by atoms with van der Waals surface area (Å²) in [6.07, 6.45) is 0. The van der Waals surface area contributed by atoms with Crippen LogP contribution >= 0.6 is 0 Å². The molecule has 2 aromatic heterocycles. The molecule has 11 aromatic rings. The Hall–Kier alpha value is -6.64. The van der Waals surface area contributed by atoms with Crippen molar-refractivity contribution in [2.75, 3.05) is 0 Å². The minimum Gasteiger partial charge on any atom is -0.452 e. The highest BCUT2D eigenvalue weighted by atomic mass is 16.4. The predicted octanol–water partition coefficient (Wildman–Crippen LogP) is 14.6. The monoisotopic (exact) mass is 676 g/mol. The van der Waals surface area contributed by atoms with Crippen LogP contribution in [0.3, 0.4) is 0 Å². The van der Waals surface area contributed by atoms with Crippen molar-refractivity contribution in [3.8, 4) is 33.4 Å². The molecule has 0 amide bonds. The van der Waals surface area contributed by atoms with Crippen molar-refractivity contribution < 1.29 is 8.83 Å². The molecule has 248 valence electrons. The van der Waals surface area contributed by atoms with Crippen LogP contribution in [-0.2, 0) is 5.41 Å². The molecule has 2 nitrogen and oxygen atoms in total. The fourth-order valence-electron chi connectivity index (χ4n) is 9.38. The van der Waals surface area contributed by atoms with E-state index in [1.54, 1.807) is 0 Å². The highest BCUT2D eigenvalue weighted by Gasteiger charge is 2.36. The van der Waals surface area contributed by atoms with Crippen LogP contribution in [0.4, 0.5) is 0 Å². The molecule has 1 aliphatic carbocycles.